The maximum atomic E-state index is 12.2. The number of hydrogen-bond donors (Lipinski definition) is 2. The van der Waals surface area contributed by atoms with Crippen LogP contribution >= 0.6 is 0 Å². The summed E-state index contributed by atoms with van der Waals surface area (Å²) in [6.45, 7) is 0.263. The normalized spacial score (nSPS) is 10.4. The Morgan fingerprint density at radius 3 is 2.77 bits per heavy atom. The molecule has 0 fully saturated rings. The van der Waals surface area contributed by atoms with E-state index in [0.717, 1.165) is 11.1 Å². The zero-order valence-electron chi connectivity index (χ0n) is 14.5. The van der Waals surface area contributed by atoms with Gasteiger partial charge in [-0.05, 0) is 29.8 Å². The monoisotopic (exact) mass is 353 g/mol. The molecule has 2 N–H and O–H groups in total. The molecular weight excluding hydrogens is 334 g/mol. The van der Waals surface area contributed by atoms with Crippen LogP contribution in [0.25, 0.3) is 11.4 Å². The van der Waals surface area contributed by atoms with Crippen LogP contribution in [-0.4, -0.2) is 40.3 Å². The van der Waals surface area contributed by atoms with Gasteiger partial charge in [0.25, 0.3) is 0 Å². The Balaban J connectivity index is 1.57. The molecule has 2 aromatic heterocycles. The van der Waals surface area contributed by atoms with E-state index in [0.29, 0.717) is 23.1 Å². The number of nitrogens with zero attached hydrogens (tertiary/aromatic N) is 3. The minimum Gasteiger partial charge on any atom is -0.493 e. The second kappa shape index (κ2) is 8.11. The molecule has 134 valence electrons. The van der Waals surface area contributed by atoms with Gasteiger partial charge < -0.3 is 14.8 Å². The van der Waals surface area contributed by atoms with Gasteiger partial charge in [-0.3, -0.25) is 14.9 Å². The molecule has 0 aliphatic heterocycles. The van der Waals surface area contributed by atoms with Crippen LogP contribution in [0, 0.1) is 0 Å². The SMILES string of the molecule is COc1ccc(CC(=O)NCc2nc(-c3cccnc3)n[nH]2)cc1OC. The zero-order chi connectivity index (χ0) is 18.4. The van der Waals surface area contributed by atoms with E-state index < -0.39 is 0 Å². The van der Waals surface area contributed by atoms with Crippen LogP contribution in [0.4, 0.5) is 0 Å². The first-order valence-electron chi connectivity index (χ1n) is 7.99. The Morgan fingerprint density at radius 1 is 1.19 bits per heavy atom. The number of H-pyrrole nitrogens is 1. The highest BCUT2D eigenvalue weighted by Gasteiger charge is 2.10. The van der Waals surface area contributed by atoms with E-state index in [1.807, 2.05) is 18.2 Å². The van der Waals surface area contributed by atoms with Crippen molar-refractivity contribution >= 4 is 5.91 Å². The number of methoxy groups -OCH3 is 2. The fourth-order valence-electron chi connectivity index (χ4n) is 2.42. The Morgan fingerprint density at radius 2 is 2.04 bits per heavy atom. The number of ether oxygens (including phenoxy) is 2. The molecule has 3 aromatic rings. The van der Waals surface area contributed by atoms with Gasteiger partial charge in [0.1, 0.15) is 5.82 Å². The lowest BCUT2D eigenvalue weighted by Crippen LogP contribution is -2.25. The maximum Gasteiger partial charge on any atom is 0.224 e. The van der Waals surface area contributed by atoms with Crippen LogP contribution in [0.5, 0.6) is 11.5 Å². The van der Waals surface area contributed by atoms with Crippen LogP contribution in [0.2, 0.25) is 0 Å². The summed E-state index contributed by atoms with van der Waals surface area (Å²) in [5.41, 5.74) is 1.64. The number of aromatic nitrogens is 4. The van der Waals surface area contributed by atoms with Gasteiger partial charge in [-0.1, -0.05) is 6.07 Å². The topological polar surface area (TPSA) is 102 Å². The highest BCUT2D eigenvalue weighted by atomic mass is 16.5. The average Bonchev–Trinajstić information content (AvgIpc) is 3.16. The number of aromatic amines is 1. The molecule has 26 heavy (non-hydrogen) atoms. The van der Waals surface area contributed by atoms with Crippen LogP contribution < -0.4 is 14.8 Å². The molecule has 0 saturated carbocycles. The number of amides is 1. The fraction of sp³-hybridized carbons (Fsp3) is 0.222. The quantitative estimate of drug-likeness (QED) is 0.671. The Bertz CT molecular complexity index is 880. The van der Waals surface area contributed by atoms with E-state index in [9.17, 15) is 4.79 Å². The predicted molar refractivity (Wildman–Crippen MR) is 94.7 cm³/mol. The molecule has 0 spiro atoms. The van der Waals surface area contributed by atoms with Crippen LogP contribution in [0.1, 0.15) is 11.4 Å². The average molecular weight is 353 g/mol. The molecule has 0 atom stereocenters. The Labute approximate surface area is 150 Å². The zero-order valence-corrected chi connectivity index (χ0v) is 14.5. The molecule has 0 bridgehead atoms. The highest BCUT2D eigenvalue weighted by molar-refractivity contribution is 5.78. The molecule has 2 heterocycles. The molecule has 0 saturated heterocycles. The summed E-state index contributed by atoms with van der Waals surface area (Å²) in [7, 11) is 3.13. The van der Waals surface area contributed by atoms with E-state index in [2.05, 4.69) is 25.5 Å². The third-order valence-electron chi connectivity index (χ3n) is 3.72. The summed E-state index contributed by atoms with van der Waals surface area (Å²) in [6.07, 6.45) is 3.60. The molecule has 1 amide bonds. The maximum absolute atomic E-state index is 12.2. The second-order valence-corrected chi connectivity index (χ2v) is 5.49. The van der Waals surface area contributed by atoms with Crippen LogP contribution in [0.3, 0.4) is 0 Å². The van der Waals surface area contributed by atoms with Gasteiger partial charge in [-0.15, -0.1) is 0 Å². The van der Waals surface area contributed by atoms with E-state index in [-0.39, 0.29) is 18.9 Å². The molecule has 8 heteroatoms. The molecule has 0 aliphatic rings. The number of rotatable bonds is 7. The van der Waals surface area contributed by atoms with Crippen molar-refractivity contribution in [2.45, 2.75) is 13.0 Å². The minimum absolute atomic E-state index is 0.128. The minimum atomic E-state index is -0.128. The number of benzene rings is 1. The number of nitrogens with one attached hydrogen (secondary N) is 2. The van der Waals surface area contributed by atoms with Crippen LogP contribution in [0.15, 0.2) is 42.7 Å². The Hall–Kier alpha value is -3.42. The van der Waals surface area contributed by atoms with Crippen molar-refractivity contribution in [3.05, 3.63) is 54.1 Å². The van der Waals surface area contributed by atoms with Gasteiger partial charge in [0.05, 0.1) is 27.2 Å². The van der Waals surface area contributed by atoms with Crippen molar-refractivity contribution in [3.8, 4) is 22.9 Å². The summed E-state index contributed by atoms with van der Waals surface area (Å²) < 4.78 is 10.4. The van der Waals surface area contributed by atoms with Crippen molar-refractivity contribution in [2.75, 3.05) is 14.2 Å². The summed E-state index contributed by atoms with van der Waals surface area (Å²) in [6, 6.07) is 9.08. The lowest BCUT2D eigenvalue weighted by Gasteiger charge is -2.09. The predicted octanol–water partition coefficient (Wildman–Crippen LogP) is 1.74. The third kappa shape index (κ3) is 4.15. The number of pyridine rings is 1. The van der Waals surface area contributed by atoms with Crippen molar-refractivity contribution in [2.24, 2.45) is 0 Å². The first-order chi connectivity index (χ1) is 12.7. The van der Waals surface area contributed by atoms with Gasteiger partial charge in [0.15, 0.2) is 17.3 Å². The molecule has 1 aromatic carbocycles. The van der Waals surface area contributed by atoms with E-state index in [1.54, 1.807) is 38.7 Å². The van der Waals surface area contributed by atoms with Crippen LogP contribution in [-0.2, 0) is 17.8 Å². The number of carbonyl (C=O) groups excluding carboxylic acids is 1. The summed E-state index contributed by atoms with van der Waals surface area (Å²) in [5, 5.41) is 9.77. The summed E-state index contributed by atoms with van der Waals surface area (Å²) >= 11 is 0. The number of carbonyl (C=O) groups is 1. The molecule has 8 nitrogen and oxygen atoms in total. The molecular formula is C18H19N5O3. The summed E-state index contributed by atoms with van der Waals surface area (Å²) in [5.74, 6) is 2.21. The van der Waals surface area contributed by atoms with Gasteiger partial charge in [0.2, 0.25) is 5.91 Å². The summed E-state index contributed by atoms with van der Waals surface area (Å²) in [4.78, 5) is 20.5. The lowest BCUT2D eigenvalue weighted by molar-refractivity contribution is -0.120. The highest BCUT2D eigenvalue weighted by Crippen LogP contribution is 2.27. The van der Waals surface area contributed by atoms with Crippen molar-refractivity contribution in [1.29, 1.82) is 0 Å². The van der Waals surface area contributed by atoms with Crippen molar-refractivity contribution in [3.63, 3.8) is 0 Å². The third-order valence-corrected chi connectivity index (χ3v) is 3.72. The van der Waals surface area contributed by atoms with Gasteiger partial charge in [0, 0.05) is 18.0 Å². The van der Waals surface area contributed by atoms with Crippen molar-refractivity contribution < 1.29 is 14.3 Å². The first kappa shape index (κ1) is 17.4. The second-order valence-electron chi connectivity index (χ2n) is 5.49. The lowest BCUT2D eigenvalue weighted by atomic mass is 10.1. The fourth-order valence-corrected chi connectivity index (χ4v) is 2.42. The van der Waals surface area contributed by atoms with E-state index in [1.165, 1.54) is 0 Å². The largest absolute Gasteiger partial charge is 0.493 e. The number of hydrogen-bond acceptors (Lipinski definition) is 6. The van der Waals surface area contributed by atoms with E-state index >= 15 is 0 Å². The van der Waals surface area contributed by atoms with Gasteiger partial charge in [-0.2, -0.15) is 5.10 Å². The van der Waals surface area contributed by atoms with Gasteiger partial charge in [-0.25, -0.2) is 4.98 Å². The smallest absolute Gasteiger partial charge is 0.224 e. The van der Waals surface area contributed by atoms with Gasteiger partial charge >= 0.3 is 0 Å². The molecule has 0 aliphatic carbocycles. The molecule has 0 unspecified atom stereocenters. The standard InChI is InChI=1S/C18H19N5O3/c1-25-14-6-5-12(8-15(14)26-2)9-17(24)20-11-16-21-18(23-22-16)13-4-3-7-19-10-13/h3-8,10H,9,11H2,1-2H3,(H,20,24)(H,21,22,23). The first-order valence-corrected chi connectivity index (χ1v) is 7.99. The Kier molecular flexibility index (Phi) is 5.43. The van der Waals surface area contributed by atoms with E-state index in [4.69, 9.17) is 9.47 Å². The molecule has 0 radical (unpaired) electrons. The van der Waals surface area contributed by atoms with Crippen molar-refractivity contribution in [1.82, 2.24) is 25.5 Å². The molecule has 3 rings (SSSR count).